The average Bonchev–Trinajstić information content (AvgIpc) is 2.17. The molecule has 1 rings (SSSR count). The molecule has 80 valence electrons. The fraction of sp³-hybridized carbons (Fsp3) is 0.364. The van der Waals surface area contributed by atoms with Crippen molar-refractivity contribution in [2.45, 2.75) is 19.3 Å². The predicted molar refractivity (Wildman–Crippen MR) is 56.6 cm³/mol. The van der Waals surface area contributed by atoms with Crippen LogP contribution in [-0.4, -0.2) is 7.11 Å². The molecule has 0 N–H and O–H groups in total. The van der Waals surface area contributed by atoms with E-state index in [1.54, 1.807) is 13.8 Å². The van der Waals surface area contributed by atoms with E-state index in [9.17, 15) is 4.39 Å². The second-order valence-corrected chi connectivity index (χ2v) is 4.11. The SMILES string of the molecule is COc1cc(C(C)(C)C#N)c(F)cc1Cl. The molecule has 2 nitrogen and oxygen atoms in total. The van der Waals surface area contributed by atoms with Crippen molar-refractivity contribution >= 4 is 11.6 Å². The molecule has 0 spiro atoms. The quantitative estimate of drug-likeness (QED) is 0.777. The number of nitriles is 1. The van der Waals surface area contributed by atoms with Gasteiger partial charge in [0.25, 0.3) is 0 Å². The second kappa shape index (κ2) is 4.08. The molecule has 0 aliphatic heterocycles. The number of rotatable bonds is 2. The first-order chi connectivity index (χ1) is 6.92. The molecule has 0 aliphatic rings. The van der Waals surface area contributed by atoms with Gasteiger partial charge in [-0.1, -0.05) is 11.6 Å². The van der Waals surface area contributed by atoms with Crippen LogP contribution in [0.25, 0.3) is 0 Å². The molecule has 0 amide bonds. The van der Waals surface area contributed by atoms with Crippen molar-refractivity contribution in [3.63, 3.8) is 0 Å². The van der Waals surface area contributed by atoms with E-state index in [2.05, 4.69) is 0 Å². The fourth-order valence-corrected chi connectivity index (χ4v) is 1.45. The first-order valence-electron chi connectivity index (χ1n) is 4.37. The Labute approximate surface area is 93.2 Å². The van der Waals surface area contributed by atoms with Gasteiger partial charge < -0.3 is 4.74 Å². The molecule has 0 aromatic heterocycles. The maximum absolute atomic E-state index is 13.6. The van der Waals surface area contributed by atoms with E-state index in [1.807, 2.05) is 6.07 Å². The second-order valence-electron chi connectivity index (χ2n) is 3.70. The molecule has 0 unspecified atom stereocenters. The first-order valence-corrected chi connectivity index (χ1v) is 4.75. The van der Waals surface area contributed by atoms with Crippen LogP contribution in [0.3, 0.4) is 0 Å². The predicted octanol–water partition coefficient (Wildman–Crippen LogP) is 3.29. The largest absolute Gasteiger partial charge is 0.495 e. The Hall–Kier alpha value is -1.27. The molecule has 1 aromatic carbocycles. The maximum Gasteiger partial charge on any atom is 0.137 e. The summed E-state index contributed by atoms with van der Waals surface area (Å²) in [5.41, 5.74) is -0.617. The Morgan fingerprint density at radius 2 is 2.07 bits per heavy atom. The van der Waals surface area contributed by atoms with Gasteiger partial charge in [0.2, 0.25) is 0 Å². The normalized spacial score (nSPS) is 10.9. The number of hydrogen-bond donors (Lipinski definition) is 0. The van der Waals surface area contributed by atoms with Gasteiger partial charge in [0.1, 0.15) is 11.6 Å². The summed E-state index contributed by atoms with van der Waals surface area (Å²) < 4.78 is 18.5. The van der Waals surface area contributed by atoms with Crippen LogP contribution >= 0.6 is 11.6 Å². The molecular formula is C11H11ClFNO. The summed E-state index contributed by atoms with van der Waals surface area (Å²) in [6.07, 6.45) is 0. The summed E-state index contributed by atoms with van der Waals surface area (Å²) in [4.78, 5) is 0. The van der Waals surface area contributed by atoms with Crippen LogP contribution in [0.5, 0.6) is 5.75 Å². The number of halogens is 2. The zero-order valence-corrected chi connectivity index (χ0v) is 9.52. The van der Waals surface area contributed by atoms with Gasteiger partial charge in [-0.3, -0.25) is 0 Å². The standard InChI is InChI=1S/C11H11ClFNO/c1-11(2,6-14)7-4-10(15-3)8(12)5-9(7)13/h4-5H,1-3H3. The summed E-state index contributed by atoms with van der Waals surface area (Å²) in [6, 6.07) is 4.65. The molecule has 0 fully saturated rings. The third kappa shape index (κ3) is 2.21. The lowest BCUT2D eigenvalue weighted by Crippen LogP contribution is -2.16. The Morgan fingerprint density at radius 3 is 2.53 bits per heavy atom. The van der Waals surface area contributed by atoms with Crippen molar-refractivity contribution in [3.8, 4) is 11.8 Å². The molecule has 1 aromatic rings. The minimum absolute atomic E-state index is 0.201. The number of methoxy groups -OCH3 is 1. The van der Waals surface area contributed by atoms with E-state index in [0.717, 1.165) is 6.07 Å². The third-order valence-corrected chi connectivity index (χ3v) is 2.49. The van der Waals surface area contributed by atoms with Crippen molar-refractivity contribution < 1.29 is 9.13 Å². The topological polar surface area (TPSA) is 33.0 Å². The van der Waals surface area contributed by atoms with Crippen LogP contribution in [0, 0.1) is 17.1 Å². The number of ether oxygens (including phenoxy) is 1. The summed E-state index contributed by atoms with van der Waals surface area (Å²) in [6.45, 7) is 3.28. The number of hydrogen-bond acceptors (Lipinski definition) is 2. The van der Waals surface area contributed by atoms with Crippen molar-refractivity contribution in [3.05, 3.63) is 28.5 Å². The highest BCUT2D eigenvalue weighted by atomic mass is 35.5. The maximum atomic E-state index is 13.6. The van der Waals surface area contributed by atoms with Crippen LogP contribution < -0.4 is 4.74 Å². The van der Waals surface area contributed by atoms with Crippen LogP contribution in [-0.2, 0) is 5.41 Å². The van der Waals surface area contributed by atoms with Gasteiger partial charge in [-0.2, -0.15) is 5.26 Å². The molecule has 0 radical (unpaired) electrons. The lowest BCUT2D eigenvalue weighted by atomic mass is 9.86. The van der Waals surface area contributed by atoms with Gasteiger partial charge in [0.05, 0.1) is 23.6 Å². The van der Waals surface area contributed by atoms with Crippen molar-refractivity contribution in [2.75, 3.05) is 7.11 Å². The Kier molecular flexibility index (Phi) is 3.21. The smallest absolute Gasteiger partial charge is 0.137 e. The lowest BCUT2D eigenvalue weighted by Gasteiger charge is -2.18. The summed E-state index contributed by atoms with van der Waals surface area (Å²) >= 11 is 5.75. The zero-order chi connectivity index (χ0) is 11.6. The van der Waals surface area contributed by atoms with Crippen LogP contribution in [0.15, 0.2) is 12.1 Å². The van der Waals surface area contributed by atoms with E-state index in [4.69, 9.17) is 21.6 Å². The van der Waals surface area contributed by atoms with E-state index in [1.165, 1.54) is 13.2 Å². The highest BCUT2D eigenvalue weighted by Crippen LogP contribution is 2.33. The van der Waals surface area contributed by atoms with Gasteiger partial charge in [0.15, 0.2) is 0 Å². The van der Waals surface area contributed by atoms with Gasteiger partial charge in [-0.25, -0.2) is 4.39 Å². The van der Waals surface area contributed by atoms with Crippen molar-refractivity contribution in [1.82, 2.24) is 0 Å². The molecule has 0 saturated carbocycles. The monoisotopic (exact) mass is 227 g/mol. The molecule has 0 heterocycles. The highest BCUT2D eigenvalue weighted by Gasteiger charge is 2.25. The summed E-state index contributed by atoms with van der Waals surface area (Å²) in [5, 5.41) is 9.12. The molecule has 0 saturated heterocycles. The van der Waals surface area contributed by atoms with Gasteiger partial charge >= 0.3 is 0 Å². The van der Waals surface area contributed by atoms with Crippen LogP contribution in [0.2, 0.25) is 5.02 Å². The van der Waals surface area contributed by atoms with E-state index < -0.39 is 11.2 Å². The lowest BCUT2D eigenvalue weighted by molar-refractivity contribution is 0.411. The van der Waals surface area contributed by atoms with Crippen LogP contribution in [0.4, 0.5) is 4.39 Å². The fourth-order valence-electron chi connectivity index (χ4n) is 1.22. The first kappa shape index (κ1) is 11.8. The molecule has 0 atom stereocenters. The summed E-state index contributed by atoms with van der Waals surface area (Å²) in [7, 11) is 1.45. The summed E-state index contributed by atoms with van der Waals surface area (Å²) in [5.74, 6) is -0.122. The molecular weight excluding hydrogens is 217 g/mol. The third-order valence-electron chi connectivity index (χ3n) is 2.19. The van der Waals surface area contributed by atoms with Crippen molar-refractivity contribution in [2.24, 2.45) is 0 Å². The molecule has 0 aliphatic carbocycles. The van der Waals surface area contributed by atoms with Gasteiger partial charge in [-0.05, 0) is 26.0 Å². The number of benzene rings is 1. The van der Waals surface area contributed by atoms with Gasteiger partial charge in [-0.15, -0.1) is 0 Å². The minimum Gasteiger partial charge on any atom is -0.495 e. The Morgan fingerprint density at radius 1 is 1.47 bits per heavy atom. The van der Waals surface area contributed by atoms with E-state index in [-0.39, 0.29) is 10.6 Å². The van der Waals surface area contributed by atoms with Crippen LogP contribution in [0.1, 0.15) is 19.4 Å². The Bertz CT molecular complexity index is 423. The zero-order valence-electron chi connectivity index (χ0n) is 8.77. The van der Waals surface area contributed by atoms with E-state index >= 15 is 0 Å². The van der Waals surface area contributed by atoms with E-state index in [0.29, 0.717) is 5.75 Å². The van der Waals surface area contributed by atoms with Gasteiger partial charge in [0, 0.05) is 5.56 Å². The minimum atomic E-state index is -0.901. The Balaban J connectivity index is 3.38. The van der Waals surface area contributed by atoms with Crippen molar-refractivity contribution in [1.29, 1.82) is 5.26 Å². The molecule has 15 heavy (non-hydrogen) atoms. The molecule has 0 bridgehead atoms. The number of nitrogens with zero attached hydrogens (tertiary/aromatic N) is 1. The average molecular weight is 228 g/mol. The highest BCUT2D eigenvalue weighted by molar-refractivity contribution is 6.32. The molecule has 4 heteroatoms.